The van der Waals surface area contributed by atoms with Crippen LogP contribution in [0.4, 0.5) is 0 Å². The zero-order valence-electron chi connectivity index (χ0n) is 10.2. The molecule has 5 nitrogen and oxygen atoms in total. The molecule has 1 heterocycles. The van der Waals surface area contributed by atoms with Gasteiger partial charge in [-0.1, -0.05) is 0 Å². The Hall–Kier alpha value is -0.880. The molecule has 1 aromatic rings. The Labute approximate surface area is 98.6 Å². The summed E-state index contributed by atoms with van der Waals surface area (Å²) in [6.45, 7) is 3.39. The molecule has 0 saturated carbocycles. The van der Waals surface area contributed by atoms with E-state index in [1.165, 1.54) is 0 Å². The molecule has 0 aliphatic heterocycles. The second-order valence-electron chi connectivity index (χ2n) is 3.65. The highest BCUT2D eigenvalue weighted by molar-refractivity contribution is 7.84. The Morgan fingerprint density at radius 2 is 2.25 bits per heavy atom. The van der Waals surface area contributed by atoms with Crippen molar-refractivity contribution in [3.05, 3.63) is 11.3 Å². The zero-order chi connectivity index (χ0) is 12.1. The molecule has 0 aliphatic rings. The molecule has 92 valence electrons. The third kappa shape index (κ3) is 3.31. The molecule has 1 N–H and O–H groups in total. The van der Waals surface area contributed by atoms with Crippen LogP contribution in [0.1, 0.15) is 11.3 Å². The van der Waals surface area contributed by atoms with Gasteiger partial charge in [-0.05, 0) is 6.92 Å². The predicted octanol–water partition coefficient (Wildman–Crippen LogP) is 0.205. The lowest BCUT2D eigenvalue weighted by molar-refractivity contribution is 0.368. The Bertz CT molecular complexity index is 376. The van der Waals surface area contributed by atoms with Crippen molar-refractivity contribution in [1.29, 1.82) is 0 Å². The van der Waals surface area contributed by atoms with Crippen LogP contribution in [0.25, 0.3) is 0 Å². The van der Waals surface area contributed by atoms with Crippen molar-refractivity contribution in [2.45, 2.75) is 13.5 Å². The quantitative estimate of drug-likeness (QED) is 0.728. The fraction of sp³-hybridized carbons (Fsp3) is 0.700. The zero-order valence-corrected chi connectivity index (χ0v) is 11.1. The lowest BCUT2D eigenvalue weighted by Gasteiger charge is -2.06. The number of nitrogens with zero attached hydrogens (tertiary/aromatic N) is 2. The molecule has 1 unspecified atom stereocenters. The number of aromatic nitrogens is 2. The molecular formula is C10H19N3O2S. The number of hydrogen-bond acceptors (Lipinski definition) is 4. The summed E-state index contributed by atoms with van der Waals surface area (Å²) >= 11 is 0. The van der Waals surface area contributed by atoms with E-state index in [0.717, 1.165) is 23.7 Å². The van der Waals surface area contributed by atoms with E-state index in [0.29, 0.717) is 12.3 Å². The SMILES string of the molecule is COc1c(CNCCS(C)=O)c(C)nn1C. The second kappa shape index (κ2) is 6.00. The first-order chi connectivity index (χ1) is 7.56. The maximum atomic E-state index is 10.9. The summed E-state index contributed by atoms with van der Waals surface area (Å²) < 4.78 is 17.9. The maximum absolute atomic E-state index is 10.9. The van der Waals surface area contributed by atoms with Gasteiger partial charge in [-0.15, -0.1) is 0 Å². The van der Waals surface area contributed by atoms with E-state index in [-0.39, 0.29) is 0 Å². The highest BCUT2D eigenvalue weighted by atomic mass is 32.2. The summed E-state index contributed by atoms with van der Waals surface area (Å²) in [6.07, 6.45) is 1.71. The smallest absolute Gasteiger partial charge is 0.216 e. The fourth-order valence-corrected chi connectivity index (χ4v) is 2.00. The lowest BCUT2D eigenvalue weighted by atomic mass is 10.2. The molecule has 0 fully saturated rings. The number of hydrogen-bond donors (Lipinski definition) is 1. The molecule has 0 aromatic carbocycles. The largest absolute Gasteiger partial charge is 0.481 e. The summed E-state index contributed by atoms with van der Waals surface area (Å²) in [6, 6.07) is 0. The van der Waals surface area contributed by atoms with E-state index < -0.39 is 10.8 Å². The van der Waals surface area contributed by atoms with Crippen molar-refractivity contribution in [3.63, 3.8) is 0 Å². The monoisotopic (exact) mass is 245 g/mol. The Morgan fingerprint density at radius 3 is 2.81 bits per heavy atom. The number of nitrogens with one attached hydrogen (secondary N) is 1. The summed E-state index contributed by atoms with van der Waals surface area (Å²) in [5.41, 5.74) is 2.02. The minimum atomic E-state index is -0.745. The highest BCUT2D eigenvalue weighted by Gasteiger charge is 2.12. The van der Waals surface area contributed by atoms with E-state index in [9.17, 15) is 4.21 Å². The Kier molecular flexibility index (Phi) is 4.95. The van der Waals surface area contributed by atoms with Crippen LogP contribution in [0.15, 0.2) is 0 Å². The van der Waals surface area contributed by atoms with Gasteiger partial charge in [0.05, 0.1) is 18.4 Å². The topological polar surface area (TPSA) is 56.1 Å². The van der Waals surface area contributed by atoms with Gasteiger partial charge in [0.25, 0.3) is 0 Å². The van der Waals surface area contributed by atoms with Gasteiger partial charge in [0.2, 0.25) is 5.88 Å². The van der Waals surface area contributed by atoms with Crippen molar-refractivity contribution in [2.75, 3.05) is 25.7 Å². The van der Waals surface area contributed by atoms with Crippen LogP contribution in [0, 0.1) is 6.92 Å². The molecule has 1 rings (SSSR count). The molecule has 0 spiro atoms. The standard InChI is InChI=1S/C10H19N3O2S/c1-8-9(7-11-5-6-16(4)14)10(15-3)13(2)12-8/h11H,5-7H2,1-4H3. The summed E-state index contributed by atoms with van der Waals surface area (Å²) in [7, 11) is 2.75. The van der Waals surface area contributed by atoms with Crippen LogP contribution in [0.5, 0.6) is 5.88 Å². The van der Waals surface area contributed by atoms with Gasteiger partial charge in [0.15, 0.2) is 0 Å². The van der Waals surface area contributed by atoms with Crippen molar-refractivity contribution in [1.82, 2.24) is 15.1 Å². The van der Waals surface area contributed by atoms with Gasteiger partial charge in [-0.3, -0.25) is 4.21 Å². The van der Waals surface area contributed by atoms with E-state index in [4.69, 9.17) is 4.74 Å². The van der Waals surface area contributed by atoms with Gasteiger partial charge >= 0.3 is 0 Å². The van der Waals surface area contributed by atoms with Crippen LogP contribution in [0.3, 0.4) is 0 Å². The normalized spacial score (nSPS) is 12.8. The van der Waals surface area contributed by atoms with Crippen LogP contribution < -0.4 is 10.1 Å². The molecule has 0 amide bonds. The number of ether oxygens (including phenoxy) is 1. The molecule has 16 heavy (non-hydrogen) atoms. The van der Waals surface area contributed by atoms with Gasteiger partial charge in [-0.25, -0.2) is 4.68 Å². The molecule has 6 heteroatoms. The maximum Gasteiger partial charge on any atom is 0.216 e. The van der Waals surface area contributed by atoms with E-state index >= 15 is 0 Å². The van der Waals surface area contributed by atoms with Crippen molar-refractivity contribution in [3.8, 4) is 5.88 Å². The molecule has 1 atom stereocenters. The average Bonchev–Trinajstić information content (AvgIpc) is 2.47. The van der Waals surface area contributed by atoms with Crippen molar-refractivity contribution < 1.29 is 8.95 Å². The molecule has 0 aliphatic carbocycles. The molecule has 1 aromatic heterocycles. The summed E-state index contributed by atoms with van der Waals surface area (Å²) in [5.74, 6) is 1.45. The van der Waals surface area contributed by atoms with Gasteiger partial charge in [0, 0.05) is 42.9 Å². The first kappa shape index (κ1) is 13.2. The second-order valence-corrected chi connectivity index (χ2v) is 5.21. The van der Waals surface area contributed by atoms with Crippen LogP contribution >= 0.6 is 0 Å². The number of rotatable bonds is 6. The fourth-order valence-electron chi connectivity index (χ4n) is 1.57. The van der Waals surface area contributed by atoms with Crippen LogP contribution in [0.2, 0.25) is 0 Å². The van der Waals surface area contributed by atoms with Crippen LogP contribution in [-0.2, 0) is 24.4 Å². The third-order valence-corrected chi connectivity index (χ3v) is 3.13. The van der Waals surface area contributed by atoms with Gasteiger partial charge < -0.3 is 10.1 Å². The molecule has 0 radical (unpaired) electrons. The third-order valence-electron chi connectivity index (χ3n) is 2.35. The first-order valence-corrected chi connectivity index (χ1v) is 6.86. The van der Waals surface area contributed by atoms with E-state index in [1.807, 2.05) is 14.0 Å². The van der Waals surface area contributed by atoms with Gasteiger partial charge in [0.1, 0.15) is 0 Å². The summed E-state index contributed by atoms with van der Waals surface area (Å²) in [4.78, 5) is 0. The first-order valence-electron chi connectivity index (χ1n) is 5.13. The van der Waals surface area contributed by atoms with Gasteiger partial charge in [-0.2, -0.15) is 5.10 Å². The van der Waals surface area contributed by atoms with Crippen molar-refractivity contribution >= 4 is 10.8 Å². The van der Waals surface area contributed by atoms with Crippen LogP contribution in [-0.4, -0.2) is 39.7 Å². The Balaban J connectivity index is 2.56. The lowest BCUT2D eigenvalue weighted by Crippen LogP contribution is -2.20. The Morgan fingerprint density at radius 1 is 1.56 bits per heavy atom. The minimum absolute atomic E-state index is 0.668. The molecular weight excluding hydrogens is 226 g/mol. The predicted molar refractivity (Wildman–Crippen MR) is 65.1 cm³/mol. The minimum Gasteiger partial charge on any atom is -0.481 e. The molecule has 0 saturated heterocycles. The molecule has 0 bridgehead atoms. The average molecular weight is 245 g/mol. The summed E-state index contributed by atoms with van der Waals surface area (Å²) in [5, 5.41) is 7.52. The highest BCUT2D eigenvalue weighted by Crippen LogP contribution is 2.20. The van der Waals surface area contributed by atoms with Crippen molar-refractivity contribution in [2.24, 2.45) is 7.05 Å². The van der Waals surface area contributed by atoms with E-state index in [2.05, 4.69) is 10.4 Å². The number of aryl methyl sites for hydroxylation is 2. The number of methoxy groups -OCH3 is 1. The van der Waals surface area contributed by atoms with E-state index in [1.54, 1.807) is 18.0 Å².